The minimum Gasteiger partial charge on any atom is -0.348 e. The molecular formula is C15H27N3S. The van der Waals surface area contributed by atoms with Crippen molar-refractivity contribution >= 4 is 16.5 Å². The van der Waals surface area contributed by atoms with E-state index in [-0.39, 0.29) is 0 Å². The van der Waals surface area contributed by atoms with Gasteiger partial charge in [0.15, 0.2) is 5.13 Å². The number of rotatable bonds is 5. The first-order chi connectivity index (χ1) is 9.11. The number of anilines is 1. The number of aromatic nitrogens is 1. The molecule has 0 radical (unpaired) electrons. The van der Waals surface area contributed by atoms with E-state index in [1.54, 1.807) is 0 Å². The predicted molar refractivity (Wildman–Crippen MR) is 84.0 cm³/mol. The molecule has 0 aromatic carbocycles. The first-order valence-corrected chi connectivity index (χ1v) is 8.37. The van der Waals surface area contributed by atoms with Gasteiger partial charge in [0.25, 0.3) is 0 Å². The summed E-state index contributed by atoms with van der Waals surface area (Å²) in [5.74, 6) is 1.72. The number of thiazole rings is 1. The molecule has 0 spiro atoms. The minimum atomic E-state index is 0.421. The van der Waals surface area contributed by atoms with Crippen LogP contribution in [0.3, 0.4) is 0 Å². The van der Waals surface area contributed by atoms with Gasteiger partial charge in [-0.05, 0) is 38.1 Å². The molecule has 1 atom stereocenters. The highest BCUT2D eigenvalue weighted by molar-refractivity contribution is 7.15. The fourth-order valence-corrected chi connectivity index (χ4v) is 3.78. The van der Waals surface area contributed by atoms with Gasteiger partial charge in [-0.3, -0.25) is 0 Å². The van der Waals surface area contributed by atoms with Crippen molar-refractivity contribution in [3.05, 3.63) is 11.1 Å². The summed E-state index contributed by atoms with van der Waals surface area (Å²) in [7, 11) is 0. The minimum absolute atomic E-state index is 0.421. The van der Waals surface area contributed by atoms with Crippen LogP contribution in [0.1, 0.15) is 51.5 Å². The van der Waals surface area contributed by atoms with Crippen LogP contribution in [0.5, 0.6) is 0 Å². The highest BCUT2D eigenvalue weighted by Gasteiger charge is 2.23. The highest BCUT2D eigenvalue weighted by atomic mass is 32.1. The average molecular weight is 281 g/mol. The van der Waals surface area contributed by atoms with Crippen molar-refractivity contribution < 1.29 is 0 Å². The van der Waals surface area contributed by atoms with Gasteiger partial charge in [-0.2, -0.15) is 0 Å². The molecule has 1 aromatic heterocycles. The van der Waals surface area contributed by atoms with E-state index in [9.17, 15) is 0 Å². The Bertz CT molecular complexity index is 380. The second-order valence-corrected chi connectivity index (χ2v) is 6.93. The zero-order valence-corrected chi connectivity index (χ0v) is 13.5. The van der Waals surface area contributed by atoms with Crippen LogP contribution in [0, 0.1) is 11.8 Å². The van der Waals surface area contributed by atoms with Gasteiger partial charge >= 0.3 is 0 Å². The molecule has 1 aliphatic heterocycles. The van der Waals surface area contributed by atoms with Crippen LogP contribution < -0.4 is 10.2 Å². The predicted octanol–water partition coefficient (Wildman–Crippen LogP) is 3.69. The third-order valence-electron chi connectivity index (χ3n) is 4.20. The van der Waals surface area contributed by atoms with Crippen molar-refractivity contribution in [1.29, 1.82) is 0 Å². The maximum atomic E-state index is 4.62. The molecule has 1 fully saturated rings. The number of piperidine rings is 1. The van der Waals surface area contributed by atoms with Crippen molar-refractivity contribution in [3.8, 4) is 0 Å². The summed E-state index contributed by atoms with van der Waals surface area (Å²) in [4.78, 5) is 8.43. The van der Waals surface area contributed by atoms with E-state index in [0.717, 1.165) is 18.4 Å². The molecule has 2 heterocycles. The lowest BCUT2D eigenvalue weighted by Gasteiger charge is -2.33. The van der Waals surface area contributed by atoms with Crippen LogP contribution in [0.4, 0.5) is 5.13 Å². The Morgan fingerprint density at radius 3 is 2.63 bits per heavy atom. The van der Waals surface area contributed by atoms with Gasteiger partial charge in [-0.1, -0.05) is 20.8 Å². The van der Waals surface area contributed by atoms with E-state index >= 15 is 0 Å². The summed E-state index contributed by atoms with van der Waals surface area (Å²) in [5.41, 5.74) is 0. The quantitative estimate of drug-likeness (QED) is 0.892. The molecule has 1 saturated heterocycles. The van der Waals surface area contributed by atoms with Crippen molar-refractivity contribution in [2.75, 3.05) is 24.5 Å². The van der Waals surface area contributed by atoms with E-state index < -0.39 is 0 Å². The van der Waals surface area contributed by atoms with Crippen LogP contribution >= 0.6 is 11.3 Å². The maximum Gasteiger partial charge on any atom is 0.185 e. The molecular weight excluding hydrogens is 254 g/mol. The van der Waals surface area contributed by atoms with Gasteiger partial charge in [0.05, 0.1) is 0 Å². The fraction of sp³-hybridized carbons (Fsp3) is 0.800. The van der Waals surface area contributed by atoms with Gasteiger partial charge in [0.1, 0.15) is 0 Å². The molecule has 0 bridgehead atoms. The van der Waals surface area contributed by atoms with Gasteiger partial charge in [-0.25, -0.2) is 4.98 Å². The molecule has 108 valence electrons. The lowest BCUT2D eigenvalue weighted by atomic mass is 9.87. The lowest BCUT2D eigenvalue weighted by molar-refractivity contribution is 0.311. The monoisotopic (exact) mass is 281 g/mol. The van der Waals surface area contributed by atoms with Crippen molar-refractivity contribution in [2.45, 2.75) is 46.6 Å². The zero-order chi connectivity index (χ0) is 13.8. The van der Waals surface area contributed by atoms with E-state index in [0.29, 0.717) is 6.04 Å². The summed E-state index contributed by atoms with van der Waals surface area (Å²) >= 11 is 1.85. The standard InChI is InChI=1S/C15H27N3S/c1-5-16-12(4)14-10-17-15(19-14)18-8-6-13(7-9-18)11(2)3/h10-13,16H,5-9H2,1-4H3. The van der Waals surface area contributed by atoms with Gasteiger partial charge in [0.2, 0.25) is 0 Å². The van der Waals surface area contributed by atoms with Crippen molar-refractivity contribution in [2.24, 2.45) is 11.8 Å². The second kappa shape index (κ2) is 6.71. The van der Waals surface area contributed by atoms with Crippen LogP contribution in [-0.4, -0.2) is 24.6 Å². The van der Waals surface area contributed by atoms with Crippen LogP contribution in [-0.2, 0) is 0 Å². The smallest absolute Gasteiger partial charge is 0.185 e. The zero-order valence-electron chi connectivity index (χ0n) is 12.6. The van der Waals surface area contributed by atoms with Gasteiger partial charge in [-0.15, -0.1) is 11.3 Å². The Hall–Kier alpha value is -0.610. The largest absolute Gasteiger partial charge is 0.348 e. The van der Waals surface area contributed by atoms with E-state index in [1.165, 1.54) is 35.9 Å². The highest BCUT2D eigenvalue weighted by Crippen LogP contribution is 2.31. The number of hydrogen-bond acceptors (Lipinski definition) is 4. The Morgan fingerprint density at radius 1 is 1.37 bits per heavy atom. The summed E-state index contributed by atoms with van der Waals surface area (Å²) in [6.07, 6.45) is 4.67. The Balaban J connectivity index is 1.93. The summed E-state index contributed by atoms with van der Waals surface area (Å²) < 4.78 is 0. The van der Waals surface area contributed by atoms with Crippen LogP contribution in [0.2, 0.25) is 0 Å². The number of nitrogens with zero attached hydrogens (tertiary/aromatic N) is 2. The Morgan fingerprint density at radius 2 is 2.05 bits per heavy atom. The molecule has 0 amide bonds. The van der Waals surface area contributed by atoms with Crippen molar-refractivity contribution in [3.63, 3.8) is 0 Å². The summed E-state index contributed by atoms with van der Waals surface area (Å²) in [5, 5.41) is 4.66. The molecule has 0 saturated carbocycles. The van der Waals surface area contributed by atoms with Gasteiger partial charge < -0.3 is 10.2 Å². The molecule has 3 nitrogen and oxygen atoms in total. The summed E-state index contributed by atoms with van der Waals surface area (Å²) in [6, 6.07) is 0.421. The van der Waals surface area contributed by atoms with Crippen molar-refractivity contribution in [1.82, 2.24) is 10.3 Å². The lowest BCUT2D eigenvalue weighted by Crippen LogP contribution is -2.35. The second-order valence-electron chi connectivity index (χ2n) is 5.89. The molecule has 1 aliphatic rings. The Labute approximate surface area is 121 Å². The van der Waals surface area contributed by atoms with Crippen LogP contribution in [0.15, 0.2) is 6.20 Å². The van der Waals surface area contributed by atoms with Gasteiger partial charge in [0, 0.05) is 30.2 Å². The molecule has 1 unspecified atom stereocenters. The Kier molecular flexibility index (Phi) is 5.22. The van der Waals surface area contributed by atoms with Crippen LogP contribution in [0.25, 0.3) is 0 Å². The number of nitrogens with one attached hydrogen (secondary N) is 1. The topological polar surface area (TPSA) is 28.2 Å². The third-order valence-corrected chi connectivity index (χ3v) is 5.44. The molecule has 1 aromatic rings. The van der Waals surface area contributed by atoms with E-state index in [1.807, 2.05) is 17.5 Å². The first kappa shape index (κ1) is 14.8. The first-order valence-electron chi connectivity index (χ1n) is 7.55. The normalized spacial score (nSPS) is 19.1. The van der Waals surface area contributed by atoms with E-state index in [2.05, 4.69) is 42.9 Å². The fourth-order valence-electron chi connectivity index (χ4n) is 2.79. The third kappa shape index (κ3) is 3.69. The molecule has 0 aliphatic carbocycles. The summed E-state index contributed by atoms with van der Waals surface area (Å²) in [6.45, 7) is 12.4. The average Bonchev–Trinajstić information content (AvgIpc) is 2.89. The number of hydrogen-bond donors (Lipinski definition) is 1. The molecule has 2 rings (SSSR count). The molecule has 19 heavy (non-hydrogen) atoms. The van der Waals surface area contributed by atoms with E-state index in [4.69, 9.17) is 0 Å². The maximum absolute atomic E-state index is 4.62. The molecule has 1 N–H and O–H groups in total. The molecule has 4 heteroatoms. The SMILES string of the molecule is CCNC(C)c1cnc(N2CCC(C(C)C)CC2)s1.